The SMILES string of the molecule is CCNC(=NCCCCN1CCN(C)CC1)NCCc1ccc(C)c(OC)c1.I. The van der Waals surface area contributed by atoms with Crippen LogP contribution in [0.25, 0.3) is 0 Å². The van der Waals surface area contributed by atoms with Gasteiger partial charge in [-0.25, -0.2) is 0 Å². The van der Waals surface area contributed by atoms with Crippen molar-refractivity contribution in [3.63, 3.8) is 0 Å². The number of unbranched alkanes of at least 4 members (excludes halogenated alkanes) is 1. The summed E-state index contributed by atoms with van der Waals surface area (Å²) in [6.07, 6.45) is 3.30. The Hall–Kier alpha value is -1.06. The fraction of sp³-hybridized carbons (Fsp3) is 0.682. The van der Waals surface area contributed by atoms with E-state index < -0.39 is 0 Å². The van der Waals surface area contributed by atoms with E-state index in [9.17, 15) is 0 Å². The van der Waals surface area contributed by atoms with Crippen molar-refractivity contribution < 1.29 is 4.74 Å². The predicted octanol–water partition coefficient (Wildman–Crippen LogP) is 2.75. The number of nitrogens with one attached hydrogen (secondary N) is 2. The summed E-state index contributed by atoms with van der Waals surface area (Å²) in [4.78, 5) is 9.71. The van der Waals surface area contributed by atoms with Gasteiger partial charge >= 0.3 is 0 Å². The Balaban J connectivity index is 0.00000420. The van der Waals surface area contributed by atoms with E-state index in [2.05, 4.69) is 59.5 Å². The molecule has 1 aliphatic rings. The monoisotopic (exact) mass is 517 g/mol. The molecule has 1 aromatic carbocycles. The molecule has 1 aliphatic heterocycles. The molecule has 0 aliphatic carbocycles. The molecule has 1 aromatic rings. The smallest absolute Gasteiger partial charge is 0.191 e. The lowest BCUT2D eigenvalue weighted by Gasteiger charge is -2.32. The quantitative estimate of drug-likeness (QED) is 0.217. The van der Waals surface area contributed by atoms with Crippen LogP contribution >= 0.6 is 24.0 Å². The summed E-state index contributed by atoms with van der Waals surface area (Å²) in [6, 6.07) is 6.41. The Bertz CT molecular complexity index is 603. The normalized spacial score (nSPS) is 15.7. The minimum absolute atomic E-state index is 0. The number of ether oxygens (including phenoxy) is 1. The Morgan fingerprint density at radius 3 is 2.59 bits per heavy atom. The van der Waals surface area contributed by atoms with Crippen LogP contribution in [-0.2, 0) is 6.42 Å². The predicted molar refractivity (Wildman–Crippen MR) is 134 cm³/mol. The lowest BCUT2D eigenvalue weighted by Crippen LogP contribution is -2.44. The highest BCUT2D eigenvalue weighted by Crippen LogP contribution is 2.18. The maximum Gasteiger partial charge on any atom is 0.191 e. The average molecular weight is 518 g/mol. The molecule has 0 bridgehead atoms. The topological polar surface area (TPSA) is 52.1 Å². The van der Waals surface area contributed by atoms with Gasteiger partial charge in [-0.1, -0.05) is 12.1 Å². The van der Waals surface area contributed by atoms with Crippen LogP contribution in [0.15, 0.2) is 23.2 Å². The average Bonchev–Trinajstić information content (AvgIpc) is 2.70. The van der Waals surface area contributed by atoms with Crippen molar-refractivity contribution >= 4 is 29.9 Å². The Morgan fingerprint density at radius 1 is 1.14 bits per heavy atom. The Kier molecular flexibility index (Phi) is 13.3. The molecule has 0 amide bonds. The van der Waals surface area contributed by atoms with E-state index in [0.717, 1.165) is 44.2 Å². The maximum atomic E-state index is 5.41. The summed E-state index contributed by atoms with van der Waals surface area (Å²) < 4.78 is 5.41. The molecule has 2 rings (SSSR count). The summed E-state index contributed by atoms with van der Waals surface area (Å²) in [5.74, 6) is 1.87. The van der Waals surface area contributed by atoms with Gasteiger partial charge in [-0.2, -0.15) is 0 Å². The van der Waals surface area contributed by atoms with Gasteiger partial charge in [0.05, 0.1) is 7.11 Å². The van der Waals surface area contributed by atoms with Gasteiger partial charge in [0.25, 0.3) is 0 Å². The number of aliphatic imine (C=N–C) groups is 1. The van der Waals surface area contributed by atoms with E-state index in [0.29, 0.717) is 0 Å². The second kappa shape index (κ2) is 14.8. The lowest BCUT2D eigenvalue weighted by molar-refractivity contribution is 0.152. The molecule has 166 valence electrons. The number of aryl methyl sites for hydroxylation is 1. The van der Waals surface area contributed by atoms with Crippen molar-refractivity contribution in [3.8, 4) is 5.75 Å². The highest BCUT2D eigenvalue weighted by Gasteiger charge is 2.12. The second-order valence-electron chi connectivity index (χ2n) is 7.59. The maximum absolute atomic E-state index is 5.41. The van der Waals surface area contributed by atoms with Gasteiger partial charge in [-0.3, -0.25) is 4.99 Å². The molecule has 0 unspecified atom stereocenters. The van der Waals surface area contributed by atoms with Gasteiger partial charge in [0.1, 0.15) is 5.75 Å². The van der Waals surface area contributed by atoms with Crippen molar-refractivity contribution in [1.82, 2.24) is 20.4 Å². The van der Waals surface area contributed by atoms with E-state index >= 15 is 0 Å². The van der Waals surface area contributed by atoms with Crippen LogP contribution in [0.3, 0.4) is 0 Å². The summed E-state index contributed by atoms with van der Waals surface area (Å²) >= 11 is 0. The zero-order chi connectivity index (χ0) is 20.2. The first-order chi connectivity index (χ1) is 13.6. The highest BCUT2D eigenvalue weighted by atomic mass is 127. The number of likely N-dealkylation sites (N-methyl/N-ethyl adjacent to an activating group) is 1. The molecule has 1 fully saturated rings. The van der Waals surface area contributed by atoms with E-state index in [4.69, 9.17) is 9.73 Å². The number of guanidine groups is 1. The third-order valence-electron chi connectivity index (χ3n) is 5.27. The van der Waals surface area contributed by atoms with Gasteiger partial charge in [0, 0.05) is 45.8 Å². The zero-order valence-corrected chi connectivity index (χ0v) is 21.0. The second-order valence-corrected chi connectivity index (χ2v) is 7.59. The third-order valence-corrected chi connectivity index (χ3v) is 5.27. The molecule has 29 heavy (non-hydrogen) atoms. The molecule has 2 N–H and O–H groups in total. The first kappa shape index (κ1) is 26.0. The van der Waals surface area contributed by atoms with E-state index in [1.165, 1.54) is 50.3 Å². The van der Waals surface area contributed by atoms with Crippen LogP contribution in [0.2, 0.25) is 0 Å². The number of hydrogen-bond donors (Lipinski definition) is 2. The van der Waals surface area contributed by atoms with E-state index in [1.54, 1.807) is 7.11 Å². The number of methoxy groups -OCH3 is 1. The summed E-state index contributed by atoms with van der Waals surface area (Å²) in [7, 11) is 3.93. The first-order valence-corrected chi connectivity index (χ1v) is 10.7. The molecule has 0 spiro atoms. The van der Waals surface area contributed by atoms with Crippen LogP contribution in [0.5, 0.6) is 5.75 Å². The molecule has 0 radical (unpaired) electrons. The van der Waals surface area contributed by atoms with Crippen LogP contribution in [0.1, 0.15) is 30.9 Å². The summed E-state index contributed by atoms with van der Waals surface area (Å²) in [5, 5.41) is 6.79. The van der Waals surface area contributed by atoms with Crippen LogP contribution in [-0.4, -0.2) is 82.3 Å². The molecule has 7 heteroatoms. The Morgan fingerprint density at radius 2 is 1.90 bits per heavy atom. The molecular formula is C22H40IN5O. The number of piperazine rings is 1. The van der Waals surface area contributed by atoms with Gasteiger partial charge in [-0.15, -0.1) is 24.0 Å². The largest absolute Gasteiger partial charge is 0.496 e. The van der Waals surface area contributed by atoms with Crippen LogP contribution < -0.4 is 15.4 Å². The lowest BCUT2D eigenvalue weighted by atomic mass is 10.1. The number of nitrogens with zero attached hydrogens (tertiary/aromatic N) is 3. The van der Waals surface area contributed by atoms with Crippen molar-refractivity contribution in [3.05, 3.63) is 29.3 Å². The highest BCUT2D eigenvalue weighted by molar-refractivity contribution is 14.0. The van der Waals surface area contributed by atoms with Gasteiger partial charge in [0.15, 0.2) is 5.96 Å². The molecule has 0 saturated carbocycles. The van der Waals surface area contributed by atoms with E-state index in [-0.39, 0.29) is 24.0 Å². The molecule has 0 atom stereocenters. The van der Waals surface area contributed by atoms with E-state index in [1.807, 2.05) is 0 Å². The fourth-order valence-corrected chi connectivity index (χ4v) is 3.40. The molecule has 1 saturated heterocycles. The van der Waals surface area contributed by atoms with Crippen LogP contribution in [0.4, 0.5) is 0 Å². The first-order valence-electron chi connectivity index (χ1n) is 10.7. The summed E-state index contributed by atoms with van der Waals surface area (Å²) in [5.41, 5.74) is 2.45. The van der Waals surface area contributed by atoms with Crippen molar-refractivity contribution in [2.75, 3.05) is 66.5 Å². The number of benzene rings is 1. The number of halogens is 1. The van der Waals surface area contributed by atoms with Crippen LogP contribution in [0, 0.1) is 6.92 Å². The standard InChI is InChI=1S/C22H39N5O.HI/c1-5-23-22(24-11-6-7-13-27-16-14-26(3)15-17-27)25-12-10-20-9-8-19(2)21(18-20)28-4;/h8-9,18H,5-7,10-17H2,1-4H3,(H2,23,24,25);1H. The summed E-state index contributed by atoms with van der Waals surface area (Å²) in [6.45, 7) is 12.8. The van der Waals surface area contributed by atoms with Crippen molar-refractivity contribution in [1.29, 1.82) is 0 Å². The third kappa shape index (κ3) is 10.00. The molecule has 1 heterocycles. The number of hydrogen-bond acceptors (Lipinski definition) is 4. The molecule has 0 aromatic heterocycles. The minimum Gasteiger partial charge on any atom is -0.496 e. The van der Waals surface area contributed by atoms with Gasteiger partial charge < -0.3 is 25.2 Å². The fourth-order valence-electron chi connectivity index (χ4n) is 3.40. The number of rotatable bonds is 10. The molecule has 6 nitrogen and oxygen atoms in total. The Labute approximate surface area is 194 Å². The molecular weight excluding hydrogens is 477 g/mol. The minimum atomic E-state index is 0. The van der Waals surface area contributed by atoms with Gasteiger partial charge in [-0.05, 0) is 63.9 Å². The van der Waals surface area contributed by atoms with Crippen molar-refractivity contribution in [2.24, 2.45) is 4.99 Å². The van der Waals surface area contributed by atoms with Crippen molar-refractivity contribution in [2.45, 2.75) is 33.1 Å². The van der Waals surface area contributed by atoms with Gasteiger partial charge in [0.2, 0.25) is 0 Å². The zero-order valence-electron chi connectivity index (χ0n) is 18.7.